The van der Waals surface area contributed by atoms with E-state index in [9.17, 15) is 31.1 Å². The van der Waals surface area contributed by atoms with Crippen LogP contribution in [0.1, 0.15) is 41.1 Å². The zero-order valence-corrected chi connectivity index (χ0v) is 17.7. The Morgan fingerprint density at radius 1 is 1.00 bits per heavy atom. The third-order valence-electron chi connectivity index (χ3n) is 5.49. The Hall–Kier alpha value is -2.59. The molecule has 1 aliphatic heterocycles. The number of nitrogens with zero attached hydrogens (tertiary/aromatic N) is 1. The molecule has 2 aromatic carbocycles. The Bertz CT molecular complexity index is 913. The van der Waals surface area contributed by atoms with Gasteiger partial charge in [0.25, 0.3) is 0 Å². The van der Waals surface area contributed by atoms with E-state index in [1.54, 1.807) is 12.1 Å². The summed E-state index contributed by atoms with van der Waals surface area (Å²) in [4.78, 5) is 13.7. The zero-order valence-electron chi connectivity index (χ0n) is 17.7. The molecule has 33 heavy (non-hydrogen) atoms. The molecule has 3 rings (SSSR count). The van der Waals surface area contributed by atoms with Crippen molar-refractivity contribution in [2.45, 2.75) is 43.9 Å². The average Bonchev–Trinajstić information content (AvgIpc) is 2.77. The highest BCUT2D eigenvalue weighted by molar-refractivity contribution is 5.71. The molecular formula is C23H23F6NO3. The molecule has 0 amide bonds. The molecule has 0 N–H and O–H groups in total. The molecule has 0 saturated carbocycles. The summed E-state index contributed by atoms with van der Waals surface area (Å²) in [6, 6.07) is 10.1. The van der Waals surface area contributed by atoms with Crippen LogP contribution in [0.5, 0.6) is 0 Å². The molecular weight excluding hydrogens is 452 g/mol. The van der Waals surface area contributed by atoms with Gasteiger partial charge in [0.2, 0.25) is 0 Å². The molecule has 10 heteroatoms. The number of rotatable bonds is 6. The minimum atomic E-state index is -4.93. The summed E-state index contributed by atoms with van der Waals surface area (Å²) in [7, 11) is 1.27. The van der Waals surface area contributed by atoms with Gasteiger partial charge in [-0.25, -0.2) is 0 Å². The molecule has 2 atom stereocenters. The van der Waals surface area contributed by atoms with Crippen LogP contribution in [0.25, 0.3) is 0 Å². The van der Waals surface area contributed by atoms with E-state index in [1.165, 1.54) is 7.11 Å². The van der Waals surface area contributed by atoms with Gasteiger partial charge in [0.1, 0.15) is 0 Å². The number of hydrogen-bond acceptors (Lipinski definition) is 4. The van der Waals surface area contributed by atoms with Crippen LogP contribution in [0.4, 0.5) is 26.3 Å². The van der Waals surface area contributed by atoms with E-state index in [1.807, 2.05) is 23.1 Å². The second-order valence-electron chi connectivity index (χ2n) is 7.81. The number of piperidine rings is 1. The average molecular weight is 475 g/mol. The molecule has 1 heterocycles. The van der Waals surface area contributed by atoms with Crippen molar-refractivity contribution in [1.82, 2.24) is 4.90 Å². The number of hydrogen-bond donors (Lipinski definition) is 0. The van der Waals surface area contributed by atoms with Crippen LogP contribution in [0.15, 0.2) is 48.5 Å². The van der Waals surface area contributed by atoms with Gasteiger partial charge in [-0.15, -0.1) is 0 Å². The molecule has 0 unspecified atom stereocenters. The van der Waals surface area contributed by atoms with Crippen molar-refractivity contribution in [2.24, 2.45) is 0 Å². The van der Waals surface area contributed by atoms with Crippen molar-refractivity contribution in [3.05, 3.63) is 70.8 Å². The topological polar surface area (TPSA) is 38.8 Å². The van der Waals surface area contributed by atoms with Crippen LogP contribution in [-0.2, 0) is 33.2 Å². The van der Waals surface area contributed by atoms with Crippen LogP contribution < -0.4 is 0 Å². The fourth-order valence-electron chi connectivity index (χ4n) is 3.99. The van der Waals surface area contributed by atoms with Crippen molar-refractivity contribution in [2.75, 3.05) is 20.2 Å². The molecule has 0 bridgehead atoms. The van der Waals surface area contributed by atoms with E-state index in [0.29, 0.717) is 31.5 Å². The van der Waals surface area contributed by atoms with Crippen LogP contribution in [-0.4, -0.2) is 37.2 Å². The first kappa shape index (κ1) is 25.0. The maximum Gasteiger partial charge on any atom is 0.416 e. The van der Waals surface area contributed by atoms with Gasteiger partial charge in [0, 0.05) is 0 Å². The number of esters is 1. The molecule has 0 spiro atoms. The van der Waals surface area contributed by atoms with Crippen molar-refractivity contribution < 1.29 is 40.6 Å². The molecule has 1 saturated heterocycles. The molecule has 4 nitrogen and oxygen atoms in total. The Balaban J connectivity index is 1.87. The predicted octanol–water partition coefficient (Wildman–Crippen LogP) is 5.62. The van der Waals surface area contributed by atoms with Gasteiger partial charge in [-0.1, -0.05) is 30.3 Å². The highest BCUT2D eigenvalue weighted by atomic mass is 19.4. The van der Waals surface area contributed by atoms with E-state index in [2.05, 4.69) is 0 Å². The fraction of sp³-hybridized carbons (Fsp3) is 0.435. The van der Waals surface area contributed by atoms with E-state index in [4.69, 9.17) is 9.47 Å². The quantitative estimate of drug-likeness (QED) is 0.402. The van der Waals surface area contributed by atoms with Crippen molar-refractivity contribution in [1.29, 1.82) is 0 Å². The molecule has 1 aliphatic rings. The molecule has 0 aliphatic carbocycles. The third kappa shape index (κ3) is 6.48. The van der Waals surface area contributed by atoms with Gasteiger partial charge in [0.15, 0.2) is 0 Å². The molecule has 1 fully saturated rings. The summed E-state index contributed by atoms with van der Waals surface area (Å²) < 4.78 is 89.6. The van der Waals surface area contributed by atoms with Gasteiger partial charge in [0.05, 0.1) is 43.5 Å². The minimum absolute atomic E-state index is 0.0162. The minimum Gasteiger partial charge on any atom is -0.468 e. The van der Waals surface area contributed by atoms with E-state index < -0.39 is 48.2 Å². The number of benzene rings is 2. The number of likely N-dealkylation sites (tertiary alicyclic amines) is 1. The highest BCUT2D eigenvalue weighted by Crippen LogP contribution is 2.38. The van der Waals surface area contributed by atoms with Crippen LogP contribution in [0, 0.1) is 0 Å². The van der Waals surface area contributed by atoms with E-state index >= 15 is 0 Å². The normalized spacial score (nSPS) is 20.0. The van der Waals surface area contributed by atoms with E-state index in [0.717, 1.165) is 5.56 Å². The summed E-state index contributed by atoms with van der Waals surface area (Å²) in [5.41, 5.74) is -2.17. The summed E-state index contributed by atoms with van der Waals surface area (Å²) in [5.74, 6) is -0.454. The zero-order chi connectivity index (χ0) is 24.2. The fourth-order valence-corrected chi connectivity index (χ4v) is 3.99. The van der Waals surface area contributed by atoms with Crippen LogP contribution in [0.2, 0.25) is 0 Å². The van der Waals surface area contributed by atoms with Gasteiger partial charge < -0.3 is 9.47 Å². The first-order valence-electron chi connectivity index (χ1n) is 10.2. The molecule has 180 valence electrons. The highest BCUT2D eigenvalue weighted by Gasteiger charge is 2.38. The Morgan fingerprint density at radius 2 is 1.61 bits per heavy atom. The lowest BCUT2D eigenvalue weighted by Crippen LogP contribution is -2.45. The van der Waals surface area contributed by atoms with E-state index in [-0.39, 0.29) is 18.2 Å². The summed E-state index contributed by atoms with van der Waals surface area (Å²) in [6.45, 7) is 0.112. The number of carbonyl (C=O) groups is 1. The lowest BCUT2D eigenvalue weighted by Gasteiger charge is -2.41. The summed E-state index contributed by atoms with van der Waals surface area (Å²) in [6.07, 6.45) is -9.23. The number of methoxy groups -OCH3 is 1. The predicted molar refractivity (Wildman–Crippen MR) is 107 cm³/mol. The lowest BCUT2D eigenvalue weighted by molar-refractivity contribution is -0.145. The number of halogens is 6. The number of ether oxygens (including phenoxy) is 2. The standard InChI is InChI=1S/C23H23F6NO3/c1-32-20(31)13-30-9-5-8-19(21(30)16-6-3-2-4-7-16)33-14-15-10-17(22(24,25)26)12-18(11-15)23(27,28)29/h2-4,6-7,10-12,19,21H,5,8-9,13-14H2,1H3/t19-,21-/m0/s1. The third-order valence-corrected chi connectivity index (χ3v) is 5.49. The van der Waals surface area contributed by atoms with Gasteiger partial charge >= 0.3 is 18.3 Å². The van der Waals surface area contributed by atoms with Crippen LogP contribution in [0.3, 0.4) is 0 Å². The SMILES string of the molecule is COC(=O)CN1CCC[C@H](OCc2cc(C(F)(F)F)cc(C(F)(F)F)c2)[C@@H]1c1ccccc1. The number of alkyl halides is 6. The van der Waals surface area contributed by atoms with Gasteiger partial charge in [-0.3, -0.25) is 9.69 Å². The van der Waals surface area contributed by atoms with Crippen molar-refractivity contribution >= 4 is 5.97 Å². The first-order chi connectivity index (χ1) is 15.5. The smallest absolute Gasteiger partial charge is 0.416 e. The Labute approximate surface area is 187 Å². The number of carbonyl (C=O) groups excluding carboxylic acids is 1. The molecule has 0 radical (unpaired) electrons. The summed E-state index contributed by atoms with van der Waals surface area (Å²) >= 11 is 0. The Kier molecular flexibility index (Phi) is 7.69. The summed E-state index contributed by atoms with van der Waals surface area (Å²) in [5, 5.41) is 0. The molecule has 2 aromatic rings. The van der Waals surface area contributed by atoms with Crippen LogP contribution >= 0.6 is 0 Å². The Morgan fingerprint density at radius 3 is 2.15 bits per heavy atom. The van der Waals surface area contributed by atoms with Crippen molar-refractivity contribution in [3.63, 3.8) is 0 Å². The molecule has 0 aromatic heterocycles. The second-order valence-corrected chi connectivity index (χ2v) is 7.81. The monoisotopic (exact) mass is 475 g/mol. The van der Waals surface area contributed by atoms with Gasteiger partial charge in [-0.05, 0) is 48.7 Å². The maximum atomic E-state index is 13.2. The first-order valence-corrected chi connectivity index (χ1v) is 10.2. The lowest BCUT2D eigenvalue weighted by atomic mass is 9.92. The second kappa shape index (κ2) is 10.1. The largest absolute Gasteiger partial charge is 0.468 e. The maximum absolute atomic E-state index is 13.2. The van der Waals surface area contributed by atoms with Crippen molar-refractivity contribution in [3.8, 4) is 0 Å². The van der Waals surface area contributed by atoms with Gasteiger partial charge in [-0.2, -0.15) is 26.3 Å².